The Balaban J connectivity index is 1.14. The molecule has 3 N–H and O–H groups in total. The van der Waals surface area contributed by atoms with Crippen LogP contribution in [0, 0.1) is 0 Å². The topological polar surface area (TPSA) is 105 Å². The normalized spacial score (nSPS) is 11.4. The molecular formula is C38H42N2O5. The van der Waals surface area contributed by atoms with Gasteiger partial charge < -0.3 is 20.5 Å². The lowest BCUT2D eigenvalue weighted by molar-refractivity contribution is -0.137. The number of carboxylic acids is 1. The Kier molecular flexibility index (Phi) is 13.2. The van der Waals surface area contributed by atoms with E-state index in [1.165, 1.54) is 18.4 Å². The average molecular weight is 607 g/mol. The van der Waals surface area contributed by atoms with Crippen LogP contribution in [0.3, 0.4) is 0 Å². The summed E-state index contributed by atoms with van der Waals surface area (Å²) in [6.45, 7) is 0.764. The fraction of sp³-hybridized carbons (Fsp3) is 0.289. The standard InChI is InChI=1S/C38H42N2O5/c41-36(21-11-3-1-2-6-14-29-15-7-4-8-16-29)39-26-27-45-32-24-22-30(23-25-32)28-35(38(43)44)40-34-20-13-12-19-33(34)37(42)31-17-9-5-10-18-31/h4-5,7-10,12-13,15-20,22-25,35,40H,1-3,6,11,14,21,26-28H2,(H,39,41)(H,43,44)/t35-/m0/s1. The number of hydrogen-bond acceptors (Lipinski definition) is 5. The molecule has 0 aliphatic carbocycles. The Bertz CT molecular complexity index is 1490. The van der Waals surface area contributed by atoms with Crippen molar-refractivity contribution in [1.82, 2.24) is 5.32 Å². The van der Waals surface area contributed by atoms with Crippen LogP contribution < -0.4 is 15.4 Å². The number of nitrogens with one attached hydrogen (secondary N) is 2. The van der Waals surface area contributed by atoms with Crippen molar-refractivity contribution in [3.8, 4) is 5.75 Å². The molecule has 4 aromatic rings. The minimum absolute atomic E-state index is 0.0393. The number of carbonyl (C=O) groups excluding carboxylic acids is 2. The van der Waals surface area contributed by atoms with E-state index in [-0.39, 0.29) is 18.1 Å². The summed E-state index contributed by atoms with van der Waals surface area (Å²) in [6.07, 6.45) is 7.30. The molecule has 0 aliphatic heterocycles. The first kappa shape index (κ1) is 33.0. The van der Waals surface area contributed by atoms with Crippen LogP contribution in [0.1, 0.15) is 65.6 Å². The van der Waals surface area contributed by atoms with Crippen molar-refractivity contribution in [3.63, 3.8) is 0 Å². The highest BCUT2D eigenvalue weighted by molar-refractivity contribution is 6.12. The Morgan fingerprint density at radius 1 is 0.689 bits per heavy atom. The second-order valence-corrected chi connectivity index (χ2v) is 11.1. The first-order valence-electron chi connectivity index (χ1n) is 15.7. The van der Waals surface area contributed by atoms with Gasteiger partial charge in [0.05, 0.1) is 6.54 Å². The smallest absolute Gasteiger partial charge is 0.326 e. The molecule has 0 fully saturated rings. The summed E-state index contributed by atoms with van der Waals surface area (Å²) < 4.78 is 5.77. The van der Waals surface area contributed by atoms with Gasteiger partial charge in [-0.3, -0.25) is 9.59 Å². The number of aliphatic carboxylic acids is 1. The molecule has 0 aliphatic rings. The summed E-state index contributed by atoms with van der Waals surface area (Å²) in [7, 11) is 0. The van der Waals surface area contributed by atoms with Gasteiger partial charge in [0.25, 0.3) is 0 Å². The summed E-state index contributed by atoms with van der Waals surface area (Å²) in [5.74, 6) is -0.513. The molecule has 234 valence electrons. The van der Waals surface area contributed by atoms with Gasteiger partial charge in [-0.2, -0.15) is 0 Å². The minimum Gasteiger partial charge on any atom is -0.492 e. The second-order valence-electron chi connectivity index (χ2n) is 11.1. The lowest BCUT2D eigenvalue weighted by Gasteiger charge is -2.18. The number of aryl methyl sites for hydroxylation is 1. The molecular weight excluding hydrogens is 564 g/mol. The Labute approximate surface area is 265 Å². The van der Waals surface area contributed by atoms with Gasteiger partial charge in [-0.05, 0) is 54.7 Å². The summed E-state index contributed by atoms with van der Waals surface area (Å²) >= 11 is 0. The molecule has 0 saturated heterocycles. The highest BCUT2D eigenvalue weighted by atomic mass is 16.5. The van der Waals surface area contributed by atoms with E-state index in [4.69, 9.17) is 4.74 Å². The van der Waals surface area contributed by atoms with Gasteiger partial charge in [0.1, 0.15) is 18.4 Å². The van der Waals surface area contributed by atoms with Gasteiger partial charge >= 0.3 is 5.97 Å². The highest BCUT2D eigenvalue weighted by Crippen LogP contribution is 2.22. The predicted octanol–water partition coefficient (Wildman–Crippen LogP) is 7.10. The zero-order valence-electron chi connectivity index (χ0n) is 25.6. The number of anilines is 1. The van der Waals surface area contributed by atoms with Crippen molar-refractivity contribution >= 4 is 23.3 Å². The van der Waals surface area contributed by atoms with E-state index in [9.17, 15) is 19.5 Å². The van der Waals surface area contributed by atoms with Gasteiger partial charge in [-0.25, -0.2) is 4.79 Å². The van der Waals surface area contributed by atoms with E-state index in [0.717, 1.165) is 31.2 Å². The summed E-state index contributed by atoms with van der Waals surface area (Å²) in [5, 5.41) is 15.9. The number of unbranched alkanes of at least 4 members (excludes halogenated alkanes) is 4. The molecule has 4 aromatic carbocycles. The van der Waals surface area contributed by atoms with Crippen molar-refractivity contribution in [3.05, 3.63) is 131 Å². The minimum atomic E-state index is -1.02. The molecule has 0 saturated carbocycles. The van der Waals surface area contributed by atoms with Crippen molar-refractivity contribution in [1.29, 1.82) is 0 Å². The van der Waals surface area contributed by atoms with E-state index in [2.05, 4.69) is 34.9 Å². The zero-order chi connectivity index (χ0) is 31.7. The maximum absolute atomic E-state index is 13.1. The van der Waals surface area contributed by atoms with Gasteiger partial charge in [-0.1, -0.05) is 104 Å². The molecule has 45 heavy (non-hydrogen) atoms. The van der Waals surface area contributed by atoms with Gasteiger partial charge in [0, 0.05) is 29.7 Å². The molecule has 1 atom stereocenters. The van der Waals surface area contributed by atoms with E-state index >= 15 is 0 Å². The summed E-state index contributed by atoms with van der Waals surface area (Å²) in [5.41, 5.74) is 3.61. The maximum atomic E-state index is 13.1. The third-order valence-corrected chi connectivity index (χ3v) is 7.60. The van der Waals surface area contributed by atoms with E-state index in [1.807, 2.05) is 24.3 Å². The van der Waals surface area contributed by atoms with Crippen molar-refractivity contribution < 1.29 is 24.2 Å². The quantitative estimate of drug-likeness (QED) is 0.0777. The fourth-order valence-corrected chi connectivity index (χ4v) is 5.13. The molecule has 0 aromatic heterocycles. The molecule has 0 bridgehead atoms. The third-order valence-electron chi connectivity index (χ3n) is 7.60. The van der Waals surface area contributed by atoms with Crippen LogP contribution in [0.25, 0.3) is 0 Å². The van der Waals surface area contributed by atoms with Crippen LogP contribution in [-0.4, -0.2) is 42.0 Å². The van der Waals surface area contributed by atoms with Gasteiger partial charge in [-0.15, -0.1) is 0 Å². The molecule has 4 rings (SSSR count). The predicted molar refractivity (Wildman–Crippen MR) is 178 cm³/mol. The first-order valence-corrected chi connectivity index (χ1v) is 15.7. The number of carboxylic acid groups (broad SMARTS) is 1. The van der Waals surface area contributed by atoms with Gasteiger partial charge in [0.15, 0.2) is 5.78 Å². The number of amides is 1. The average Bonchev–Trinajstić information content (AvgIpc) is 3.07. The van der Waals surface area contributed by atoms with E-state index in [1.54, 1.807) is 60.7 Å². The fourth-order valence-electron chi connectivity index (χ4n) is 5.13. The molecule has 1 amide bonds. The third kappa shape index (κ3) is 11.3. The van der Waals surface area contributed by atoms with Crippen molar-refractivity contribution in [2.45, 2.75) is 57.4 Å². The lowest BCUT2D eigenvalue weighted by atomic mass is 10.00. The summed E-state index contributed by atoms with van der Waals surface area (Å²) in [6, 6.07) is 32.7. The molecule has 0 spiro atoms. The second kappa shape index (κ2) is 18.0. The maximum Gasteiger partial charge on any atom is 0.326 e. The SMILES string of the molecule is O=C(CCCCCCCc1ccccc1)NCCOc1ccc(C[C@H](Nc2ccccc2C(=O)c2ccccc2)C(=O)O)cc1. The van der Waals surface area contributed by atoms with E-state index < -0.39 is 12.0 Å². The molecule has 7 heteroatoms. The number of ketones is 1. The number of carbonyl (C=O) groups is 3. The van der Waals surface area contributed by atoms with Crippen LogP contribution in [-0.2, 0) is 22.4 Å². The number of benzene rings is 4. The van der Waals surface area contributed by atoms with Crippen LogP contribution in [0.15, 0.2) is 109 Å². The number of para-hydroxylation sites is 1. The Hall–Kier alpha value is -4.91. The zero-order valence-corrected chi connectivity index (χ0v) is 25.6. The van der Waals surface area contributed by atoms with Crippen LogP contribution in [0.2, 0.25) is 0 Å². The first-order chi connectivity index (χ1) is 22.0. The highest BCUT2D eigenvalue weighted by Gasteiger charge is 2.21. The van der Waals surface area contributed by atoms with Gasteiger partial charge in [0.2, 0.25) is 5.91 Å². The Morgan fingerprint density at radius 2 is 1.33 bits per heavy atom. The largest absolute Gasteiger partial charge is 0.492 e. The molecule has 0 heterocycles. The number of ether oxygens (including phenoxy) is 1. The number of rotatable bonds is 19. The lowest BCUT2D eigenvalue weighted by Crippen LogP contribution is -2.32. The van der Waals surface area contributed by atoms with Crippen molar-refractivity contribution in [2.24, 2.45) is 0 Å². The molecule has 0 radical (unpaired) electrons. The summed E-state index contributed by atoms with van der Waals surface area (Å²) in [4.78, 5) is 37.3. The molecule has 7 nitrogen and oxygen atoms in total. The van der Waals surface area contributed by atoms with Crippen LogP contribution in [0.4, 0.5) is 5.69 Å². The molecule has 0 unspecified atom stereocenters. The van der Waals surface area contributed by atoms with E-state index in [0.29, 0.717) is 42.1 Å². The Morgan fingerprint density at radius 3 is 2.07 bits per heavy atom. The number of hydrogen-bond donors (Lipinski definition) is 3. The van der Waals surface area contributed by atoms with Crippen molar-refractivity contribution in [2.75, 3.05) is 18.5 Å². The van der Waals surface area contributed by atoms with Crippen LogP contribution >= 0.6 is 0 Å². The van der Waals surface area contributed by atoms with Crippen LogP contribution in [0.5, 0.6) is 5.75 Å². The monoisotopic (exact) mass is 606 g/mol.